The molecule has 19 heavy (non-hydrogen) atoms. The van der Waals surface area contributed by atoms with E-state index in [1.807, 2.05) is 23.0 Å². The number of aromatic nitrogens is 2. The van der Waals surface area contributed by atoms with Crippen molar-refractivity contribution in [3.63, 3.8) is 0 Å². The van der Waals surface area contributed by atoms with Crippen LogP contribution in [0.25, 0.3) is 0 Å². The zero-order valence-corrected chi connectivity index (χ0v) is 11.9. The average molecular weight is 258 g/mol. The van der Waals surface area contributed by atoms with E-state index < -0.39 is 0 Å². The van der Waals surface area contributed by atoms with E-state index in [9.17, 15) is 5.11 Å². The molecular formula is C16H22N2O. The molecule has 1 heterocycles. The van der Waals surface area contributed by atoms with E-state index in [1.54, 1.807) is 0 Å². The van der Waals surface area contributed by atoms with E-state index in [2.05, 4.69) is 44.1 Å². The molecule has 0 aliphatic carbocycles. The van der Waals surface area contributed by atoms with Crippen molar-refractivity contribution in [2.24, 2.45) is 0 Å². The Morgan fingerprint density at radius 2 is 2.00 bits per heavy atom. The van der Waals surface area contributed by atoms with E-state index in [0.717, 1.165) is 5.69 Å². The lowest BCUT2D eigenvalue weighted by atomic mass is 10.0. The molecule has 3 heteroatoms. The molecule has 0 bridgehead atoms. The highest BCUT2D eigenvalue weighted by atomic mass is 16.3. The number of hydrogen-bond acceptors (Lipinski definition) is 2. The molecule has 0 aliphatic heterocycles. The van der Waals surface area contributed by atoms with Crippen molar-refractivity contribution in [3.05, 3.63) is 53.3 Å². The summed E-state index contributed by atoms with van der Waals surface area (Å²) >= 11 is 0. The van der Waals surface area contributed by atoms with Gasteiger partial charge in [-0.1, -0.05) is 29.8 Å². The summed E-state index contributed by atoms with van der Waals surface area (Å²) in [5, 5.41) is 14.6. The summed E-state index contributed by atoms with van der Waals surface area (Å²) in [5.74, 6) is 0. The maximum Gasteiger partial charge on any atom is 0.0650 e. The number of aryl methyl sites for hydroxylation is 1. The van der Waals surface area contributed by atoms with Gasteiger partial charge in [0, 0.05) is 18.7 Å². The number of benzene rings is 1. The van der Waals surface area contributed by atoms with Gasteiger partial charge < -0.3 is 5.11 Å². The molecule has 3 nitrogen and oxygen atoms in total. The van der Waals surface area contributed by atoms with Gasteiger partial charge in [-0.25, -0.2) is 0 Å². The van der Waals surface area contributed by atoms with Crippen LogP contribution < -0.4 is 0 Å². The standard InChI is InChI=1S/C16H22N2O/c1-12(2)18-8-7-15(17-18)11-16(19)10-14-6-4-5-13(3)9-14/h4-9,12,16,19H,10-11H2,1-3H3. The predicted octanol–water partition coefficient (Wildman–Crippen LogP) is 2.92. The fraction of sp³-hybridized carbons (Fsp3) is 0.438. The lowest BCUT2D eigenvalue weighted by Crippen LogP contribution is -2.15. The third-order valence-corrected chi connectivity index (χ3v) is 3.19. The maximum atomic E-state index is 10.1. The first-order valence-corrected chi connectivity index (χ1v) is 6.82. The Morgan fingerprint density at radius 1 is 1.21 bits per heavy atom. The Kier molecular flexibility index (Phi) is 4.38. The highest BCUT2D eigenvalue weighted by molar-refractivity contribution is 5.23. The first kappa shape index (κ1) is 13.8. The van der Waals surface area contributed by atoms with Crippen molar-refractivity contribution in [2.45, 2.75) is 45.8 Å². The van der Waals surface area contributed by atoms with Gasteiger partial charge in [0.05, 0.1) is 11.8 Å². The fourth-order valence-electron chi connectivity index (χ4n) is 2.20. The zero-order chi connectivity index (χ0) is 13.8. The van der Waals surface area contributed by atoms with E-state index in [-0.39, 0.29) is 6.10 Å². The second-order valence-corrected chi connectivity index (χ2v) is 5.43. The number of aliphatic hydroxyl groups excluding tert-OH is 1. The number of nitrogens with zero attached hydrogens (tertiary/aromatic N) is 2. The zero-order valence-electron chi connectivity index (χ0n) is 11.9. The third-order valence-electron chi connectivity index (χ3n) is 3.19. The van der Waals surface area contributed by atoms with Gasteiger partial charge in [-0.05, 0) is 38.8 Å². The SMILES string of the molecule is Cc1cccc(CC(O)Cc2ccn(C(C)C)n2)c1. The highest BCUT2D eigenvalue weighted by Gasteiger charge is 2.10. The summed E-state index contributed by atoms with van der Waals surface area (Å²) in [6, 6.07) is 10.6. The number of hydrogen-bond donors (Lipinski definition) is 1. The number of rotatable bonds is 5. The van der Waals surface area contributed by atoms with E-state index >= 15 is 0 Å². The Balaban J connectivity index is 1.95. The Morgan fingerprint density at radius 3 is 2.63 bits per heavy atom. The summed E-state index contributed by atoms with van der Waals surface area (Å²) in [6.07, 6.45) is 2.88. The summed E-state index contributed by atoms with van der Waals surface area (Å²) in [4.78, 5) is 0. The van der Waals surface area contributed by atoms with Gasteiger partial charge >= 0.3 is 0 Å². The lowest BCUT2D eigenvalue weighted by molar-refractivity contribution is 0.174. The molecule has 2 aromatic rings. The largest absolute Gasteiger partial charge is 0.392 e. The van der Waals surface area contributed by atoms with Crippen molar-refractivity contribution in [1.29, 1.82) is 0 Å². The molecule has 0 saturated heterocycles. The van der Waals surface area contributed by atoms with Crippen LogP contribution in [0.15, 0.2) is 36.5 Å². The molecule has 0 spiro atoms. The molecule has 1 aromatic carbocycles. The van der Waals surface area contributed by atoms with Gasteiger partial charge in [0.25, 0.3) is 0 Å². The minimum Gasteiger partial charge on any atom is -0.392 e. The van der Waals surface area contributed by atoms with Gasteiger partial charge in [-0.15, -0.1) is 0 Å². The van der Waals surface area contributed by atoms with Crippen LogP contribution in [0.1, 0.15) is 36.7 Å². The van der Waals surface area contributed by atoms with Gasteiger partial charge in [-0.2, -0.15) is 5.10 Å². The van der Waals surface area contributed by atoms with Crippen molar-refractivity contribution < 1.29 is 5.11 Å². The monoisotopic (exact) mass is 258 g/mol. The molecule has 102 valence electrons. The van der Waals surface area contributed by atoms with E-state index in [0.29, 0.717) is 18.9 Å². The average Bonchev–Trinajstić information content (AvgIpc) is 2.77. The molecule has 0 aliphatic rings. The summed E-state index contributed by atoms with van der Waals surface area (Å²) in [7, 11) is 0. The summed E-state index contributed by atoms with van der Waals surface area (Å²) in [5.41, 5.74) is 3.36. The van der Waals surface area contributed by atoms with Crippen LogP contribution >= 0.6 is 0 Å². The van der Waals surface area contributed by atoms with E-state index in [4.69, 9.17) is 0 Å². The molecular weight excluding hydrogens is 236 g/mol. The second kappa shape index (κ2) is 6.02. The first-order chi connectivity index (χ1) is 9.04. The van der Waals surface area contributed by atoms with Crippen LogP contribution in [0, 0.1) is 6.92 Å². The molecule has 1 aromatic heterocycles. The normalized spacial score (nSPS) is 12.9. The molecule has 0 saturated carbocycles. The van der Waals surface area contributed by atoms with Gasteiger partial charge in [0.1, 0.15) is 0 Å². The van der Waals surface area contributed by atoms with Gasteiger partial charge in [0.15, 0.2) is 0 Å². The quantitative estimate of drug-likeness (QED) is 0.895. The van der Waals surface area contributed by atoms with Crippen molar-refractivity contribution >= 4 is 0 Å². The lowest BCUT2D eigenvalue weighted by Gasteiger charge is -2.10. The second-order valence-electron chi connectivity index (χ2n) is 5.43. The van der Waals surface area contributed by atoms with Crippen LogP contribution in [0.4, 0.5) is 0 Å². The molecule has 0 amide bonds. The molecule has 0 fully saturated rings. The van der Waals surface area contributed by atoms with Gasteiger partial charge in [-0.3, -0.25) is 4.68 Å². The number of aliphatic hydroxyl groups is 1. The van der Waals surface area contributed by atoms with Crippen LogP contribution in [0.3, 0.4) is 0 Å². The first-order valence-electron chi connectivity index (χ1n) is 6.82. The molecule has 1 N–H and O–H groups in total. The smallest absolute Gasteiger partial charge is 0.0650 e. The van der Waals surface area contributed by atoms with Crippen LogP contribution in [0.2, 0.25) is 0 Å². The minimum atomic E-state index is -0.377. The highest BCUT2D eigenvalue weighted by Crippen LogP contribution is 2.11. The minimum absolute atomic E-state index is 0.364. The Hall–Kier alpha value is -1.61. The van der Waals surface area contributed by atoms with Crippen molar-refractivity contribution in [3.8, 4) is 0 Å². The van der Waals surface area contributed by atoms with Crippen LogP contribution in [-0.4, -0.2) is 21.0 Å². The maximum absolute atomic E-state index is 10.1. The molecule has 0 radical (unpaired) electrons. The summed E-state index contributed by atoms with van der Waals surface area (Å²) < 4.78 is 1.93. The van der Waals surface area contributed by atoms with Gasteiger partial charge in [0.2, 0.25) is 0 Å². The molecule has 1 unspecified atom stereocenters. The molecule has 1 atom stereocenters. The predicted molar refractivity (Wildman–Crippen MR) is 77.2 cm³/mol. The Bertz CT molecular complexity index is 531. The van der Waals surface area contributed by atoms with Crippen molar-refractivity contribution in [2.75, 3.05) is 0 Å². The Labute approximate surface area is 114 Å². The third kappa shape index (κ3) is 3.93. The van der Waals surface area contributed by atoms with Crippen LogP contribution in [0.5, 0.6) is 0 Å². The van der Waals surface area contributed by atoms with Crippen LogP contribution in [-0.2, 0) is 12.8 Å². The van der Waals surface area contributed by atoms with Crippen molar-refractivity contribution in [1.82, 2.24) is 9.78 Å². The molecule has 2 rings (SSSR count). The fourth-order valence-corrected chi connectivity index (χ4v) is 2.20. The summed E-state index contributed by atoms with van der Waals surface area (Å²) in [6.45, 7) is 6.26. The van der Waals surface area contributed by atoms with E-state index in [1.165, 1.54) is 11.1 Å². The topological polar surface area (TPSA) is 38.0 Å².